The van der Waals surface area contributed by atoms with Crippen molar-refractivity contribution in [3.8, 4) is 0 Å². The number of nitrogens with zero attached hydrogens (tertiary/aromatic N) is 1. The molecule has 0 saturated carbocycles. The van der Waals surface area contributed by atoms with Crippen molar-refractivity contribution in [1.29, 1.82) is 0 Å². The summed E-state index contributed by atoms with van der Waals surface area (Å²) in [5.74, 6) is 0.896. The summed E-state index contributed by atoms with van der Waals surface area (Å²) in [5.41, 5.74) is 0. The smallest absolute Gasteiger partial charge is 0.226 e. The molecule has 98 valence electrons. The molecular formula is C14H25NO2. The van der Waals surface area contributed by atoms with Gasteiger partial charge in [-0.05, 0) is 45.4 Å². The second-order valence-electron chi connectivity index (χ2n) is 5.79. The van der Waals surface area contributed by atoms with E-state index < -0.39 is 0 Å². The van der Waals surface area contributed by atoms with Gasteiger partial charge >= 0.3 is 0 Å². The maximum Gasteiger partial charge on any atom is 0.226 e. The van der Waals surface area contributed by atoms with Crippen molar-refractivity contribution < 1.29 is 9.53 Å². The topological polar surface area (TPSA) is 29.5 Å². The molecule has 2 heterocycles. The van der Waals surface area contributed by atoms with Crippen LogP contribution in [0.5, 0.6) is 0 Å². The third-order valence-corrected chi connectivity index (χ3v) is 4.50. The third-order valence-electron chi connectivity index (χ3n) is 4.50. The van der Waals surface area contributed by atoms with Crippen LogP contribution >= 0.6 is 0 Å². The van der Waals surface area contributed by atoms with E-state index in [0.717, 1.165) is 38.9 Å². The van der Waals surface area contributed by atoms with Crippen molar-refractivity contribution in [2.75, 3.05) is 13.2 Å². The fraction of sp³-hybridized carbons (Fsp3) is 0.929. The molecule has 0 aromatic carbocycles. The standard InChI is InChI=1S/C14H25NO2/c1-10-6-7-11(2)15(10)14(16)12(3)13-5-4-8-17-9-13/h10-13H,4-9H2,1-3H3/t10-,11?,12?,13?/m1/s1. The predicted molar refractivity (Wildman–Crippen MR) is 67.7 cm³/mol. The molecule has 0 N–H and O–H groups in total. The largest absolute Gasteiger partial charge is 0.381 e. The molecule has 0 bridgehead atoms. The lowest BCUT2D eigenvalue weighted by Crippen LogP contribution is -2.44. The van der Waals surface area contributed by atoms with Crippen molar-refractivity contribution in [2.45, 2.75) is 58.5 Å². The first-order valence-electron chi connectivity index (χ1n) is 7.01. The van der Waals surface area contributed by atoms with Gasteiger partial charge in [-0.25, -0.2) is 0 Å². The Bertz CT molecular complexity index is 263. The maximum absolute atomic E-state index is 12.5. The average molecular weight is 239 g/mol. The molecule has 2 aliphatic rings. The summed E-state index contributed by atoms with van der Waals surface area (Å²) in [6.45, 7) is 8.06. The van der Waals surface area contributed by atoms with Gasteiger partial charge in [0, 0.05) is 24.6 Å². The molecule has 1 amide bonds. The number of carbonyl (C=O) groups excluding carboxylic acids is 1. The molecule has 3 heteroatoms. The van der Waals surface area contributed by atoms with Crippen LogP contribution in [0, 0.1) is 11.8 Å². The van der Waals surface area contributed by atoms with Crippen molar-refractivity contribution >= 4 is 5.91 Å². The highest BCUT2D eigenvalue weighted by atomic mass is 16.5. The van der Waals surface area contributed by atoms with Crippen molar-refractivity contribution in [3.05, 3.63) is 0 Å². The normalized spacial score (nSPS) is 35.9. The van der Waals surface area contributed by atoms with E-state index in [1.807, 2.05) is 0 Å². The molecule has 0 radical (unpaired) electrons. The number of likely N-dealkylation sites (tertiary alicyclic amines) is 1. The molecule has 0 aromatic heterocycles. The van der Waals surface area contributed by atoms with E-state index in [1.54, 1.807) is 0 Å². The Kier molecular flexibility index (Phi) is 4.08. The molecule has 3 nitrogen and oxygen atoms in total. The lowest BCUT2D eigenvalue weighted by molar-refractivity contribution is -0.140. The Morgan fingerprint density at radius 3 is 2.41 bits per heavy atom. The van der Waals surface area contributed by atoms with Crippen molar-refractivity contribution in [1.82, 2.24) is 4.90 Å². The molecule has 2 saturated heterocycles. The molecule has 0 aliphatic carbocycles. The van der Waals surface area contributed by atoms with Crippen LogP contribution in [0.4, 0.5) is 0 Å². The van der Waals surface area contributed by atoms with E-state index in [-0.39, 0.29) is 5.92 Å². The molecule has 2 aliphatic heterocycles. The summed E-state index contributed by atoms with van der Waals surface area (Å²) in [5, 5.41) is 0. The summed E-state index contributed by atoms with van der Waals surface area (Å²) < 4.78 is 5.50. The zero-order valence-corrected chi connectivity index (χ0v) is 11.3. The summed E-state index contributed by atoms with van der Waals surface area (Å²) in [4.78, 5) is 14.6. The highest BCUT2D eigenvalue weighted by Crippen LogP contribution is 2.30. The number of carbonyl (C=O) groups is 1. The van der Waals surface area contributed by atoms with Gasteiger partial charge in [0.05, 0.1) is 6.61 Å². The molecule has 2 fully saturated rings. The van der Waals surface area contributed by atoms with Gasteiger partial charge < -0.3 is 9.64 Å². The first-order valence-corrected chi connectivity index (χ1v) is 7.01. The summed E-state index contributed by atoms with van der Waals surface area (Å²) in [7, 11) is 0. The molecule has 4 atom stereocenters. The van der Waals surface area contributed by atoms with Gasteiger partial charge in [-0.1, -0.05) is 6.92 Å². The third kappa shape index (κ3) is 2.65. The quantitative estimate of drug-likeness (QED) is 0.741. The van der Waals surface area contributed by atoms with Crippen LogP contribution in [0.1, 0.15) is 46.5 Å². The van der Waals surface area contributed by atoms with E-state index in [0.29, 0.717) is 23.9 Å². The van der Waals surface area contributed by atoms with Crippen LogP contribution in [0.15, 0.2) is 0 Å². The van der Waals surface area contributed by atoms with Crippen LogP contribution in [0.3, 0.4) is 0 Å². The highest BCUT2D eigenvalue weighted by molar-refractivity contribution is 5.79. The van der Waals surface area contributed by atoms with Gasteiger partial charge in [-0.3, -0.25) is 4.79 Å². The van der Waals surface area contributed by atoms with Gasteiger partial charge in [0.25, 0.3) is 0 Å². The SMILES string of the molecule is CC(C(=O)N1C(C)CC[C@H]1C)C1CCCOC1. The number of amides is 1. The van der Waals surface area contributed by atoms with Gasteiger partial charge in [0.2, 0.25) is 5.91 Å². The molecule has 2 rings (SSSR count). The van der Waals surface area contributed by atoms with E-state index in [2.05, 4.69) is 25.7 Å². The second-order valence-corrected chi connectivity index (χ2v) is 5.79. The number of hydrogen-bond donors (Lipinski definition) is 0. The zero-order chi connectivity index (χ0) is 12.4. The number of rotatable bonds is 2. The van der Waals surface area contributed by atoms with Gasteiger partial charge in [0.15, 0.2) is 0 Å². The number of hydrogen-bond acceptors (Lipinski definition) is 2. The van der Waals surface area contributed by atoms with E-state index in [1.165, 1.54) is 0 Å². The molecule has 3 unspecified atom stereocenters. The van der Waals surface area contributed by atoms with Gasteiger partial charge in [-0.15, -0.1) is 0 Å². The van der Waals surface area contributed by atoms with Crippen LogP contribution in [0.25, 0.3) is 0 Å². The minimum absolute atomic E-state index is 0.123. The Morgan fingerprint density at radius 2 is 1.88 bits per heavy atom. The van der Waals surface area contributed by atoms with Gasteiger partial charge in [-0.2, -0.15) is 0 Å². The Hall–Kier alpha value is -0.570. The summed E-state index contributed by atoms with van der Waals surface area (Å²) >= 11 is 0. The molecule has 0 spiro atoms. The monoisotopic (exact) mass is 239 g/mol. The van der Waals surface area contributed by atoms with Gasteiger partial charge in [0.1, 0.15) is 0 Å². The fourth-order valence-electron chi connectivity index (χ4n) is 3.23. The summed E-state index contributed by atoms with van der Waals surface area (Å²) in [6.07, 6.45) is 4.55. The minimum atomic E-state index is 0.123. The molecular weight excluding hydrogens is 214 g/mol. The Morgan fingerprint density at radius 1 is 1.24 bits per heavy atom. The molecule has 17 heavy (non-hydrogen) atoms. The number of ether oxygens (including phenoxy) is 1. The highest BCUT2D eigenvalue weighted by Gasteiger charge is 2.36. The van der Waals surface area contributed by atoms with Crippen LogP contribution in [-0.2, 0) is 9.53 Å². The van der Waals surface area contributed by atoms with E-state index in [4.69, 9.17) is 4.74 Å². The maximum atomic E-state index is 12.5. The Balaban J connectivity index is 1.98. The minimum Gasteiger partial charge on any atom is -0.381 e. The lowest BCUT2D eigenvalue weighted by atomic mass is 9.88. The summed E-state index contributed by atoms with van der Waals surface area (Å²) in [6, 6.07) is 0.842. The second kappa shape index (κ2) is 5.38. The van der Waals surface area contributed by atoms with Crippen LogP contribution in [0.2, 0.25) is 0 Å². The van der Waals surface area contributed by atoms with Crippen LogP contribution < -0.4 is 0 Å². The Labute approximate surface area is 105 Å². The van der Waals surface area contributed by atoms with Crippen molar-refractivity contribution in [3.63, 3.8) is 0 Å². The fourth-order valence-corrected chi connectivity index (χ4v) is 3.23. The predicted octanol–water partition coefficient (Wildman–Crippen LogP) is 2.45. The van der Waals surface area contributed by atoms with Crippen molar-refractivity contribution in [2.24, 2.45) is 11.8 Å². The van der Waals surface area contributed by atoms with E-state index in [9.17, 15) is 4.79 Å². The lowest BCUT2D eigenvalue weighted by Gasteiger charge is -2.33. The first-order chi connectivity index (χ1) is 8.11. The first kappa shape index (κ1) is 12.9. The molecule has 0 aromatic rings. The average Bonchev–Trinajstić information content (AvgIpc) is 2.68. The van der Waals surface area contributed by atoms with E-state index >= 15 is 0 Å². The van der Waals surface area contributed by atoms with Crippen LogP contribution in [-0.4, -0.2) is 36.1 Å². The zero-order valence-electron chi connectivity index (χ0n) is 11.3.